The van der Waals surface area contributed by atoms with Gasteiger partial charge >= 0.3 is 15.6 Å². The van der Waals surface area contributed by atoms with Crippen molar-refractivity contribution in [2.45, 2.75) is 49.1 Å². The van der Waals surface area contributed by atoms with Gasteiger partial charge in [0.1, 0.15) is 36.6 Å². The molecule has 3 fully saturated rings. The van der Waals surface area contributed by atoms with Crippen LogP contribution in [0.1, 0.15) is 12.5 Å². The van der Waals surface area contributed by atoms with E-state index in [1.807, 2.05) is 0 Å². The van der Waals surface area contributed by atoms with Gasteiger partial charge < -0.3 is 34.5 Å². The maximum atomic E-state index is 13.2. The highest BCUT2D eigenvalue weighted by atomic mass is 35.5. The summed E-state index contributed by atoms with van der Waals surface area (Å²) in [5.74, 6) is 0. The van der Waals surface area contributed by atoms with Crippen LogP contribution < -0.4 is 5.56 Å². The minimum atomic E-state index is -5.12. The standard InChI is InChI=1S/C22H21Cl3N6O13P2/c23-7-1-9-10(2-8(7)24)31(22(25)29-9)20-15(33)16-12(42-20)4-40-46(37,38)44-17-14(32)11(3-39-45(35,36)43-16)41-21(17)30-6-28-13-18(30)26-5-27-19(13)34/h1-2,5-6,11-12,14-17,20-21,32-33H,3-4H2,(H,35,36)(H,37,38)(H,26,27,34)/t11-,12-,14?,15?,16+,17+,20-,21-/m1/s1. The number of hydrogen-bond donors (Lipinski definition) is 5. The number of benzene rings is 1. The molecule has 19 nitrogen and oxygen atoms in total. The number of ether oxygens (including phenoxy) is 2. The molecular formula is C22H21Cl3N6O13P2. The Labute approximate surface area is 270 Å². The lowest BCUT2D eigenvalue weighted by Gasteiger charge is -2.25. The van der Waals surface area contributed by atoms with Crippen LogP contribution in [0.2, 0.25) is 15.3 Å². The lowest BCUT2D eigenvalue weighted by molar-refractivity contribution is -0.0671. The van der Waals surface area contributed by atoms with Crippen molar-refractivity contribution < 1.29 is 56.7 Å². The molecule has 0 radical (unpaired) electrons. The average molecular weight is 746 g/mol. The van der Waals surface area contributed by atoms with Gasteiger partial charge in [0, 0.05) is 0 Å². The molecule has 6 heterocycles. The largest absolute Gasteiger partial charge is 0.472 e. The molecule has 4 unspecified atom stereocenters. The number of halogens is 3. The third-order valence-corrected chi connectivity index (χ3v) is 10.5. The van der Waals surface area contributed by atoms with Gasteiger partial charge in [-0.05, 0) is 23.7 Å². The Morgan fingerprint density at radius 1 is 0.891 bits per heavy atom. The molecule has 3 saturated heterocycles. The number of nitrogens with zero attached hydrogens (tertiary/aromatic N) is 5. The number of fused-ring (bicyclic) bond motifs is 5. The molecule has 0 saturated carbocycles. The predicted molar refractivity (Wildman–Crippen MR) is 154 cm³/mol. The molecule has 4 aromatic rings. The smallest absolute Gasteiger partial charge is 0.387 e. The summed E-state index contributed by atoms with van der Waals surface area (Å²) in [5.41, 5.74) is -0.208. The number of phosphoric acid groups is 2. The zero-order valence-corrected chi connectivity index (χ0v) is 26.6. The first-order valence-electron chi connectivity index (χ1n) is 13.1. The molecule has 1 aromatic carbocycles. The van der Waals surface area contributed by atoms with Crippen molar-refractivity contribution in [3.05, 3.63) is 50.5 Å². The number of aromatic amines is 1. The molecule has 7 rings (SSSR count). The molecule has 2 bridgehead atoms. The zero-order chi connectivity index (χ0) is 32.7. The third kappa shape index (κ3) is 5.72. The van der Waals surface area contributed by atoms with Gasteiger partial charge in [0.25, 0.3) is 5.56 Å². The first kappa shape index (κ1) is 32.5. The van der Waals surface area contributed by atoms with Crippen LogP contribution in [0, 0.1) is 0 Å². The Bertz CT molecular complexity index is 1990. The van der Waals surface area contributed by atoms with Crippen LogP contribution in [0.5, 0.6) is 0 Å². The number of nitrogens with one attached hydrogen (secondary N) is 1. The quantitative estimate of drug-likeness (QED) is 0.183. The number of H-pyrrole nitrogens is 1. The second-order valence-corrected chi connectivity index (χ2v) is 14.3. The topological polar surface area (TPSA) is 252 Å². The first-order valence-corrected chi connectivity index (χ1v) is 17.3. The summed E-state index contributed by atoms with van der Waals surface area (Å²) in [6.45, 7) is -1.66. The van der Waals surface area contributed by atoms with Crippen LogP contribution in [0.3, 0.4) is 0 Å². The minimum Gasteiger partial charge on any atom is -0.387 e. The van der Waals surface area contributed by atoms with Crippen LogP contribution >= 0.6 is 50.4 Å². The van der Waals surface area contributed by atoms with Gasteiger partial charge in [-0.1, -0.05) is 23.2 Å². The highest BCUT2D eigenvalue weighted by molar-refractivity contribution is 7.47. The van der Waals surface area contributed by atoms with E-state index in [-0.39, 0.29) is 37.5 Å². The van der Waals surface area contributed by atoms with E-state index in [1.165, 1.54) is 16.7 Å². The summed E-state index contributed by atoms with van der Waals surface area (Å²) in [4.78, 5) is 48.0. The summed E-state index contributed by atoms with van der Waals surface area (Å²) >= 11 is 18.6. The summed E-state index contributed by atoms with van der Waals surface area (Å²) in [6.07, 6.45) is -10.6. The zero-order valence-electron chi connectivity index (χ0n) is 22.6. The lowest BCUT2D eigenvalue weighted by Crippen LogP contribution is -2.36. The number of hydrogen-bond acceptors (Lipinski definition) is 14. The normalized spacial score (nSPS) is 37.2. The van der Waals surface area contributed by atoms with Gasteiger partial charge in [-0.15, -0.1) is 0 Å². The Kier molecular flexibility index (Phi) is 8.37. The molecule has 248 valence electrons. The Morgan fingerprint density at radius 2 is 1.54 bits per heavy atom. The number of aliphatic hydroxyl groups excluding tert-OH is 2. The van der Waals surface area contributed by atoms with Crippen molar-refractivity contribution >= 4 is 72.6 Å². The van der Waals surface area contributed by atoms with Crippen molar-refractivity contribution in [1.29, 1.82) is 0 Å². The Morgan fingerprint density at radius 3 is 2.28 bits per heavy atom. The average Bonchev–Trinajstić information content (AvgIpc) is 3.71. The van der Waals surface area contributed by atoms with Crippen LogP contribution in [-0.4, -0.2) is 98.9 Å². The van der Waals surface area contributed by atoms with Crippen molar-refractivity contribution in [2.75, 3.05) is 13.2 Å². The predicted octanol–water partition coefficient (Wildman–Crippen LogP) is 1.66. The fourth-order valence-corrected chi connectivity index (χ4v) is 7.94. The van der Waals surface area contributed by atoms with Gasteiger partial charge in [0.15, 0.2) is 23.6 Å². The van der Waals surface area contributed by atoms with Gasteiger partial charge in [-0.2, -0.15) is 0 Å². The van der Waals surface area contributed by atoms with Crippen LogP contribution in [0.4, 0.5) is 0 Å². The molecule has 5 N–H and O–H groups in total. The van der Waals surface area contributed by atoms with Gasteiger partial charge in [-0.3, -0.25) is 32.0 Å². The summed E-state index contributed by atoms with van der Waals surface area (Å²) in [6, 6.07) is 2.83. The molecule has 0 amide bonds. The lowest BCUT2D eigenvalue weighted by atomic mass is 10.1. The van der Waals surface area contributed by atoms with Gasteiger partial charge in [0.2, 0.25) is 5.28 Å². The number of phosphoric ester groups is 2. The summed E-state index contributed by atoms with van der Waals surface area (Å²) in [7, 11) is -10.2. The second kappa shape index (κ2) is 11.8. The van der Waals surface area contributed by atoms with Gasteiger partial charge in [-0.25, -0.2) is 24.1 Å². The number of rotatable bonds is 2. The van der Waals surface area contributed by atoms with E-state index in [9.17, 15) is 33.9 Å². The molecule has 24 heteroatoms. The second-order valence-electron chi connectivity index (χ2n) is 10.3. The Hall–Kier alpha value is -2.03. The van der Waals surface area contributed by atoms with Crippen LogP contribution in [-0.2, 0) is 36.7 Å². The summed E-state index contributed by atoms with van der Waals surface area (Å²) in [5, 5.41) is 22.4. The van der Waals surface area contributed by atoms with E-state index in [0.717, 1.165) is 17.2 Å². The van der Waals surface area contributed by atoms with Crippen molar-refractivity contribution in [2.24, 2.45) is 0 Å². The van der Waals surface area contributed by atoms with E-state index in [1.54, 1.807) is 0 Å². The maximum absolute atomic E-state index is 13.2. The van der Waals surface area contributed by atoms with Crippen molar-refractivity contribution in [3.63, 3.8) is 0 Å². The number of aliphatic hydroxyl groups is 2. The van der Waals surface area contributed by atoms with Crippen LogP contribution in [0.15, 0.2) is 29.6 Å². The Balaban J connectivity index is 1.21. The van der Waals surface area contributed by atoms with E-state index in [2.05, 4.69) is 19.9 Å². The van der Waals surface area contributed by atoms with Gasteiger partial charge in [0.05, 0.1) is 46.9 Å². The van der Waals surface area contributed by atoms with E-state index in [0.29, 0.717) is 0 Å². The number of aromatic nitrogens is 6. The van der Waals surface area contributed by atoms with E-state index in [4.69, 9.17) is 62.4 Å². The fourth-order valence-electron chi connectivity index (χ4n) is 5.45. The minimum absolute atomic E-state index is 0.0291. The molecule has 0 spiro atoms. The third-order valence-electron chi connectivity index (χ3n) is 7.52. The fraction of sp³-hybridized carbons (Fsp3) is 0.455. The number of imidazole rings is 2. The van der Waals surface area contributed by atoms with E-state index >= 15 is 0 Å². The highest BCUT2D eigenvalue weighted by Crippen LogP contribution is 2.54. The first-order chi connectivity index (χ1) is 21.7. The SMILES string of the molecule is O=c1[nH]cnc2c1ncn2[C@@H]1O[C@@H]2COP(=O)(O)O[C@@H]3C(O)[C@H](n4c(Cl)nc5cc(Cl)c(Cl)cc54)O[C@@H]3COP(=O)(O)O[C@H]1C2O. The maximum Gasteiger partial charge on any atom is 0.472 e. The highest BCUT2D eigenvalue weighted by Gasteiger charge is 2.54. The monoisotopic (exact) mass is 744 g/mol. The van der Waals surface area contributed by atoms with Crippen molar-refractivity contribution in [1.82, 2.24) is 29.1 Å². The molecule has 10 atom stereocenters. The molecule has 3 aromatic heterocycles. The van der Waals surface area contributed by atoms with E-state index < -0.39 is 83.5 Å². The molecule has 3 aliphatic rings. The molecule has 46 heavy (non-hydrogen) atoms. The molecular weight excluding hydrogens is 725 g/mol. The van der Waals surface area contributed by atoms with Crippen molar-refractivity contribution in [3.8, 4) is 0 Å². The molecule has 3 aliphatic heterocycles. The van der Waals surface area contributed by atoms with Crippen LogP contribution in [0.25, 0.3) is 22.2 Å². The molecule has 0 aliphatic carbocycles. The summed E-state index contributed by atoms with van der Waals surface area (Å²) < 4.78 is 61.3.